The Labute approximate surface area is 150 Å². The lowest BCUT2D eigenvalue weighted by molar-refractivity contribution is 0.102. The minimum atomic E-state index is -0.322. The van der Waals surface area contributed by atoms with Gasteiger partial charge in [0.2, 0.25) is 0 Å². The van der Waals surface area contributed by atoms with Crippen LogP contribution in [-0.2, 0) is 0 Å². The van der Waals surface area contributed by atoms with Crippen molar-refractivity contribution in [1.82, 2.24) is 19.4 Å². The molecule has 0 unspecified atom stereocenters. The summed E-state index contributed by atoms with van der Waals surface area (Å²) >= 11 is 0. The molecule has 3 N–H and O–H groups in total. The second-order valence-electron chi connectivity index (χ2n) is 6.17. The van der Waals surface area contributed by atoms with E-state index in [1.54, 1.807) is 21.5 Å². The average molecular weight is 346 g/mol. The molecule has 1 amide bonds. The minimum absolute atomic E-state index is 0.187. The fourth-order valence-corrected chi connectivity index (χ4v) is 2.97. The molecule has 0 aliphatic heterocycles. The molecule has 0 saturated heterocycles. The zero-order valence-corrected chi connectivity index (χ0v) is 14.5. The van der Waals surface area contributed by atoms with E-state index in [2.05, 4.69) is 15.5 Å². The number of carbonyl (C=O) groups excluding carboxylic acids is 1. The van der Waals surface area contributed by atoms with E-state index in [4.69, 9.17) is 5.73 Å². The quantitative estimate of drug-likeness (QED) is 0.597. The van der Waals surface area contributed by atoms with Crippen LogP contribution in [0.5, 0.6) is 0 Å². The first kappa shape index (κ1) is 15.9. The van der Waals surface area contributed by atoms with Gasteiger partial charge in [-0.25, -0.2) is 9.20 Å². The van der Waals surface area contributed by atoms with Gasteiger partial charge >= 0.3 is 0 Å². The number of nitrogens with zero attached hydrogens (tertiary/aromatic N) is 4. The van der Waals surface area contributed by atoms with Crippen molar-refractivity contribution in [3.05, 3.63) is 71.5 Å². The summed E-state index contributed by atoms with van der Waals surface area (Å²) in [5, 5.41) is 11.6. The molecule has 0 aliphatic rings. The van der Waals surface area contributed by atoms with Crippen LogP contribution in [0, 0.1) is 13.8 Å². The largest absolute Gasteiger partial charge is 0.382 e. The van der Waals surface area contributed by atoms with Crippen molar-refractivity contribution in [1.29, 1.82) is 0 Å². The number of nitrogen functional groups attached to an aromatic ring is 1. The molecule has 0 atom stereocenters. The fourth-order valence-electron chi connectivity index (χ4n) is 2.97. The highest BCUT2D eigenvalue weighted by Crippen LogP contribution is 2.22. The number of aromatic nitrogens is 4. The van der Waals surface area contributed by atoms with E-state index in [1.807, 2.05) is 56.3 Å². The topological polar surface area (TPSA) is 90.2 Å². The predicted octanol–water partition coefficient (Wildman–Crippen LogP) is 2.97. The number of benzene rings is 1. The third kappa shape index (κ3) is 2.69. The maximum atomic E-state index is 12.9. The number of hydrogen-bond acceptors (Lipinski definition) is 4. The molecule has 0 spiro atoms. The summed E-state index contributed by atoms with van der Waals surface area (Å²) in [6.07, 6.45) is 1.75. The lowest BCUT2D eigenvalue weighted by Gasteiger charge is -2.09. The number of anilines is 2. The third-order valence-corrected chi connectivity index (χ3v) is 4.11. The van der Waals surface area contributed by atoms with E-state index in [0.717, 1.165) is 16.9 Å². The minimum Gasteiger partial charge on any atom is -0.382 e. The molecule has 26 heavy (non-hydrogen) atoms. The Morgan fingerprint density at radius 1 is 1.08 bits per heavy atom. The van der Waals surface area contributed by atoms with Gasteiger partial charge in [0.15, 0.2) is 5.82 Å². The molecule has 0 fully saturated rings. The Bertz CT molecular complexity index is 1120. The van der Waals surface area contributed by atoms with Crippen LogP contribution in [0.4, 0.5) is 11.6 Å². The van der Waals surface area contributed by atoms with Crippen LogP contribution in [0.25, 0.3) is 11.2 Å². The van der Waals surface area contributed by atoms with Crippen LogP contribution < -0.4 is 11.1 Å². The summed E-state index contributed by atoms with van der Waals surface area (Å²) in [6.45, 7) is 3.89. The summed E-state index contributed by atoms with van der Waals surface area (Å²) < 4.78 is 3.30. The first-order valence-electron chi connectivity index (χ1n) is 8.21. The maximum absolute atomic E-state index is 12.9. The summed E-state index contributed by atoms with van der Waals surface area (Å²) in [6, 6.07) is 15.2. The summed E-state index contributed by atoms with van der Waals surface area (Å²) in [5.74, 6) is 0.442. The lowest BCUT2D eigenvalue weighted by Crippen LogP contribution is -2.16. The zero-order valence-electron chi connectivity index (χ0n) is 14.5. The van der Waals surface area contributed by atoms with E-state index >= 15 is 0 Å². The van der Waals surface area contributed by atoms with Crippen molar-refractivity contribution in [2.75, 3.05) is 11.1 Å². The molecule has 0 radical (unpaired) electrons. The molecule has 3 aromatic heterocycles. The molecule has 4 aromatic rings. The number of amides is 1. The van der Waals surface area contributed by atoms with Crippen molar-refractivity contribution in [3.63, 3.8) is 0 Å². The number of pyridine rings is 1. The molecule has 130 valence electrons. The average Bonchev–Trinajstić information content (AvgIpc) is 3.13. The van der Waals surface area contributed by atoms with Gasteiger partial charge in [-0.15, -0.1) is 5.10 Å². The SMILES string of the molecule is Cc1cccc(-n2nc(C)cc2NC(=O)c2c(N)nn3ccccc23)c1. The first-order valence-corrected chi connectivity index (χ1v) is 8.21. The van der Waals surface area contributed by atoms with Crippen molar-refractivity contribution < 1.29 is 4.79 Å². The standard InChI is InChI=1S/C19H18N6O/c1-12-6-5-7-14(10-12)25-16(11-13(2)22-25)21-19(26)17-15-8-3-4-9-24(15)23-18(17)20/h3-11H,1-2H3,(H2,20,23)(H,21,26). The van der Waals surface area contributed by atoms with Crippen molar-refractivity contribution in [3.8, 4) is 5.69 Å². The molecular formula is C19H18N6O. The van der Waals surface area contributed by atoms with E-state index in [9.17, 15) is 4.79 Å². The third-order valence-electron chi connectivity index (χ3n) is 4.11. The van der Waals surface area contributed by atoms with Crippen LogP contribution in [0.2, 0.25) is 0 Å². The number of nitrogens with one attached hydrogen (secondary N) is 1. The summed E-state index contributed by atoms with van der Waals surface area (Å²) in [7, 11) is 0. The van der Waals surface area contributed by atoms with E-state index in [-0.39, 0.29) is 11.7 Å². The van der Waals surface area contributed by atoms with E-state index in [0.29, 0.717) is 16.9 Å². The number of rotatable bonds is 3. The van der Waals surface area contributed by atoms with Gasteiger partial charge in [0, 0.05) is 12.3 Å². The second-order valence-corrected chi connectivity index (χ2v) is 6.17. The molecule has 0 aliphatic carbocycles. The smallest absolute Gasteiger partial charge is 0.262 e. The molecular weight excluding hydrogens is 328 g/mol. The van der Waals surface area contributed by atoms with Crippen molar-refractivity contribution >= 4 is 23.1 Å². The van der Waals surface area contributed by atoms with Crippen LogP contribution in [-0.4, -0.2) is 25.3 Å². The van der Waals surface area contributed by atoms with Gasteiger partial charge < -0.3 is 11.1 Å². The molecule has 0 saturated carbocycles. The Kier molecular flexibility index (Phi) is 3.69. The number of carbonyl (C=O) groups is 1. The number of aryl methyl sites for hydroxylation is 2. The zero-order chi connectivity index (χ0) is 18.3. The normalized spacial score (nSPS) is 11.0. The fraction of sp³-hybridized carbons (Fsp3) is 0.105. The number of hydrogen-bond donors (Lipinski definition) is 2. The van der Waals surface area contributed by atoms with Crippen LogP contribution in [0.1, 0.15) is 21.6 Å². The molecule has 3 heterocycles. The van der Waals surface area contributed by atoms with Gasteiger partial charge in [0.05, 0.1) is 16.9 Å². The van der Waals surface area contributed by atoms with Crippen LogP contribution in [0.3, 0.4) is 0 Å². The van der Waals surface area contributed by atoms with E-state index in [1.165, 1.54) is 0 Å². The lowest BCUT2D eigenvalue weighted by atomic mass is 10.2. The van der Waals surface area contributed by atoms with Gasteiger partial charge in [0.1, 0.15) is 11.4 Å². The second kappa shape index (κ2) is 6.03. The van der Waals surface area contributed by atoms with Gasteiger partial charge in [-0.3, -0.25) is 4.79 Å². The molecule has 4 rings (SSSR count). The summed E-state index contributed by atoms with van der Waals surface area (Å²) in [5.41, 5.74) is 9.76. The van der Waals surface area contributed by atoms with Gasteiger partial charge in [-0.1, -0.05) is 18.2 Å². The molecule has 1 aromatic carbocycles. The highest BCUT2D eigenvalue weighted by molar-refractivity contribution is 6.12. The molecule has 7 heteroatoms. The van der Waals surface area contributed by atoms with Gasteiger partial charge in [-0.2, -0.15) is 5.10 Å². The Morgan fingerprint density at radius 3 is 2.73 bits per heavy atom. The van der Waals surface area contributed by atoms with Crippen molar-refractivity contribution in [2.24, 2.45) is 0 Å². The van der Waals surface area contributed by atoms with Crippen LogP contribution >= 0.6 is 0 Å². The number of nitrogens with two attached hydrogens (primary N) is 1. The highest BCUT2D eigenvalue weighted by atomic mass is 16.1. The van der Waals surface area contributed by atoms with Crippen molar-refractivity contribution in [2.45, 2.75) is 13.8 Å². The highest BCUT2D eigenvalue weighted by Gasteiger charge is 2.20. The first-order chi connectivity index (χ1) is 12.5. The number of fused-ring (bicyclic) bond motifs is 1. The predicted molar refractivity (Wildman–Crippen MR) is 101 cm³/mol. The Morgan fingerprint density at radius 2 is 1.92 bits per heavy atom. The molecule has 0 bridgehead atoms. The Balaban J connectivity index is 1.74. The van der Waals surface area contributed by atoms with Gasteiger partial charge in [-0.05, 0) is 43.7 Å². The van der Waals surface area contributed by atoms with Crippen LogP contribution in [0.15, 0.2) is 54.7 Å². The molecule has 7 nitrogen and oxygen atoms in total. The maximum Gasteiger partial charge on any atom is 0.262 e. The van der Waals surface area contributed by atoms with Gasteiger partial charge in [0.25, 0.3) is 5.91 Å². The van der Waals surface area contributed by atoms with E-state index < -0.39 is 0 Å². The Hall–Kier alpha value is -3.61. The monoisotopic (exact) mass is 346 g/mol. The summed E-state index contributed by atoms with van der Waals surface area (Å²) in [4.78, 5) is 12.9.